The van der Waals surface area contributed by atoms with E-state index in [1.165, 1.54) is 4.68 Å². The van der Waals surface area contributed by atoms with Crippen LogP contribution in [0, 0.1) is 6.92 Å². The van der Waals surface area contributed by atoms with Crippen molar-refractivity contribution in [3.05, 3.63) is 69.3 Å². The molecular formula is C16H14N2O2S. The van der Waals surface area contributed by atoms with Gasteiger partial charge in [-0.15, -0.1) is 0 Å². The Labute approximate surface area is 125 Å². The van der Waals surface area contributed by atoms with Crippen molar-refractivity contribution in [2.45, 2.75) is 13.3 Å². The Morgan fingerprint density at radius 2 is 1.86 bits per heavy atom. The van der Waals surface area contributed by atoms with Gasteiger partial charge in [0.2, 0.25) is 5.91 Å². The molecule has 2 aromatic carbocycles. The molecule has 0 aliphatic carbocycles. The van der Waals surface area contributed by atoms with E-state index in [4.69, 9.17) is 0 Å². The minimum absolute atomic E-state index is 0.186. The molecule has 1 N–H and O–H groups in total. The average molecular weight is 298 g/mol. The molecule has 0 bridgehead atoms. The molecule has 3 rings (SSSR count). The number of thiazole rings is 1. The Morgan fingerprint density at radius 1 is 1.14 bits per heavy atom. The topological polar surface area (TPSA) is 51.1 Å². The number of hydrogen-bond acceptors (Lipinski definition) is 3. The molecule has 0 unspecified atom stereocenters. The molecule has 21 heavy (non-hydrogen) atoms. The van der Waals surface area contributed by atoms with Crippen LogP contribution in [0.4, 0.5) is 0 Å². The standard InChI is InChI=1S/C16H14N2O2S/c1-11-6-2-3-7-12(11)10-15(19)17-18-13-8-4-5-9-14(13)21-16(18)20/h2-9H,10H2,1H3,(H,17,19). The Kier molecular flexibility index (Phi) is 3.58. The van der Waals surface area contributed by atoms with E-state index in [0.717, 1.165) is 32.7 Å². The van der Waals surface area contributed by atoms with Crippen LogP contribution in [0.5, 0.6) is 0 Å². The van der Waals surface area contributed by atoms with E-state index in [1.807, 2.05) is 55.5 Å². The van der Waals surface area contributed by atoms with Crippen molar-refractivity contribution < 1.29 is 4.79 Å². The van der Waals surface area contributed by atoms with Gasteiger partial charge in [-0.3, -0.25) is 15.0 Å². The Morgan fingerprint density at radius 3 is 2.67 bits per heavy atom. The SMILES string of the molecule is Cc1ccccc1CC(=O)Nn1c(=O)sc2ccccc21. The van der Waals surface area contributed by atoms with E-state index in [9.17, 15) is 9.59 Å². The fraction of sp³-hybridized carbons (Fsp3) is 0.125. The number of benzene rings is 2. The highest BCUT2D eigenvalue weighted by Gasteiger charge is 2.11. The summed E-state index contributed by atoms with van der Waals surface area (Å²) in [5.74, 6) is -0.199. The maximum absolute atomic E-state index is 12.2. The summed E-state index contributed by atoms with van der Waals surface area (Å²) in [5, 5.41) is 0. The fourth-order valence-corrected chi connectivity index (χ4v) is 3.05. The minimum Gasteiger partial charge on any atom is -0.273 e. The number of carbonyl (C=O) groups excluding carboxylic acids is 1. The zero-order valence-electron chi connectivity index (χ0n) is 11.5. The van der Waals surface area contributed by atoms with Gasteiger partial charge in [-0.25, -0.2) is 4.68 Å². The van der Waals surface area contributed by atoms with E-state index >= 15 is 0 Å². The van der Waals surface area contributed by atoms with Crippen molar-refractivity contribution in [2.24, 2.45) is 0 Å². The normalized spacial score (nSPS) is 10.7. The van der Waals surface area contributed by atoms with Crippen LogP contribution in [0.2, 0.25) is 0 Å². The molecule has 0 radical (unpaired) electrons. The van der Waals surface area contributed by atoms with Crippen LogP contribution >= 0.6 is 11.3 Å². The first kappa shape index (κ1) is 13.6. The molecule has 1 heterocycles. The van der Waals surface area contributed by atoms with Gasteiger partial charge in [0.15, 0.2) is 0 Å². The molecule has 0 fully saturated rings. The molecule has 1 aromatic heterocycles. The van der Waals surface area contributed by atoms with Gasteiger partial charge in [0.05, 0.1) is 16.6 Å². The van der Waals surface area contributed by atoms with Gasteiger partial charge in [-0.05, 0) is 30.2 Å². The number of nitrogens with zero attached hydrogens (tertiary/aromatic N) is 1. The monoisotopic (exact) mass is 298 g/mol. The number of para-hydroxylation sites is 1. The van der Waals surface area contributed by atoms with E-state index in [2.05, 4.69) is 5.43 Å². The molecule has 106 valence electrons. The van der Waals surface area contributed by atoms with E-state index in [1.54, 1.807) is 0 Å². The van der Waals surface area contributed by atoms with Gasteiger partial charge < -0.3 is 0 Å². The number of rotatable bonds is 3. The van der Waals surface area contributed by atoms with Crippen LogP contribution in [0.25, 0.3) is 10.2 Å². The molecule has 4 nitrogen and oxygen atoms in total. The lowest BCUT2D eigenvalue weighted by atomic mass is 10.1. The maximum Gasteiger partial charge on any atom is 0.326 e. The third-order valence-corrected chi connectivity index (χ3v) is 4.26. The number of nitrogens with one attached hydrogen (secondary N) is 1. The third kappa shape index (κ3) is 2.73. The molecule has 0 saturated carbocycles. The van der Waals surface area contributed by atoms with Crippen LogP contribution in [0.1, 0.15) is 11.1 Å². The second-order valence-electron chi connectivity index (χ2n) is 4.81. The molecule has 0 spiro atoms. The van der Waals surface area contributed by atoms with Gasteiger partial charge in [-0.2, -0.15) is 0 Å². The second kappa shape index (κ2) is 5.54. The fourth-order valence-electron chi connectivity index (χ4n) is 2.22. The maximum atomic E-state index is 12.2. The first-order valence-corrected chi connectivity index (χ1v) is 7.42. The summed E-state index contributed by atoms with van der Waals surface area (Å²) in [7, 11) is 0. The van der Waals surface area contributed by atoms with Crippen LogP contribution in [0.15, 0.2) is 53.3 Å². The molecule has 0 atom stereocenters. The van der Waals surface area contributed by atoms with Crippen LogP contribution < -0.4 is 10.3 Å². The van der Waals surface area contributed by atoms with Crippen molar-refractivity contribution in [1.29, 1.82) is 0 Å². The summed E-state index contributed by atoms with van der Waals surface area (Å²) in [6.45, 7) is 1.97. The Balaban J connectivity index is 1.86. The van der Waals surface area contributed by atoms with Crippen LogP contribution in [-0.4, -0.2) is 10.6 Å². The van der Waals surface area contributed by atoms with E-state index in [0.29, 0.717) is 0 Å². The van der Waals surface area contributed by atoms with Crippen molar-refractivity contribution in [1.82, 2.24) is 4.68 Å². The average Bonchev–Trinajstić information content (AvgIpc) is 2.78. The first-order chi connectivity index (χ1) is 10.1. The zero-order valence-corrected chi connectivity index (χ0v) is 12.3. The molecule has 0 saturated heterocycles. The lowest BCUT2D eigenvalue weighted by Gasteiger charge is -2.08. The summed E-state index contributed by atoms with van der Waals surface area (Å²) in [4.78, 5) is 23.9. The van der Waals surface area contributed by atoms with Crippen LogP contribution in [0.3, 0.4) is 0 Å². The number of fused-ring (bicyclic) bond motifs is 1. The lowest BCUT2D eigenvalue weighted by Crippen LogP contribution is -2.30. The molecular weight excluding hydrogens is 284 g/mol. The van der Waals surface area contributed by atoms with Gasteiger partial charge >= 0.3 is 4.87 Å². The number of amides is 1. The summed E-state index contributed by atoms with van der Waals surface area (Å²) >= 11 is 1.12. The minimum atomic E-state index is -0.199. The van der Waals surface area contributed by atoms with Gasteiger partial charge in [-0.1, -0.05) is 47.7 Å². The van der Waals surface area contributed by atoms with Crippen molar-refractivity contribution >= 4 is 27.5 Å². The van der Waals surface area contributed by atoms with E-state index < -0.39 is 0 Å². The Bertz CT molecular complexity index is 864. The van der Waals surface area contributed by atoms with Gasteiger partial charge in [0.1, 0.15) is 0 Å². The summed E-state index contributed by atoms with van der Waals surface area (Å²) in [5.41, 5.74) is 5.44. The quantitative estimate of drug-likeness (QED) is 0.808. The predicted octanol–water partition coefficient (Wildman–Crippen LogP) is 2.68. The molecule has 3 aromatic rings. The number of hydrogen-bond donors (Lipinski definition) is 1. The molecule has 1 amide bonds. The number of aromatic nitrogens is 1. The molecule has 5 heteroatoms. The molecule has 0 aliphatic rings. The van der Waals surface area contributed by atoms with E-state index in [-0.39, 0.29) is 17.2 Å². The second-order valence-corrected chi connectivity index (χ2v) is 5.80. The number of aryl methyl sites for hydroxylation is 1. The lowest BCUT2D eigenvalue weighted by molar-refractivity contribution is -0.116. The van der Waals surface area contributed by atoms with Crippen molar-refractivity contribution in [3.8, 4) is 0 Å². The third-order valence-electron chi connectivity index (χ3n) is 3.33. The highest BCUT2D eigenvalue weighted by atomic mass is 32.1. The number of carbonyl (C=O) groups is 1. The molecule has 0 aliphatic heterocycles. The van der Waals surface area contributed by atoms with Crippen molar-refractivity contribution in [2.75, 3.05) is 5.43 Å². The van der Waals surface area contributed by atoms with Gasteiger partial charge in [0.25, 0.3) is 0 Å². The van der Waals surface area contributed by atoms with Gasteiger partial charge in [0, 0.05) is 0 Å². The highest BCUT2D eigenvalue weighted by Crippen LogP contribution is 2.15. The zero-order chi connectivity index (χ0) is 14.8. The first-order valence-electron chi connectivity index (χ1n) is 6.60. The smallest absolute Gasteiger partial charge is 0.273 e. The Hall–Kier alpha value is -2.40. The highest BCUT2D eigenvalue weighted by molar-refractivity contribution is 7.16. The largest absolute Gasteiger partial charge is 0.326 e. The predicted molar refractivity (Wildman–Crippen MR) is 85.3 cm³/mol. The van der Waals surface area contributed by atoms with Crippen molar-refractivity contribution in [3.63, 3.8) is 0 Å². The summed E-state index contributed by atoms with van der Waals surface area (Å²) in [6.07, 6.45) is 0.253. The summed E-state index contributed by atoms with van der Waals surface area (Å²) < 4.78 is 2.18. The summed E-state index contributed by atoms with van der Waals surface area (Å²) in [6, 6.07) is 15.1. The van der Waals surface area contributed by atoms with Crippen LogP contribution in [-0.2, 0) is 11.2 Å².